The SMILES string of the molecule is Cc1cc(CCN)c2nc(C)ccc2c1. The Kier molecular flexibility index (Phi) is 2.69. The van der Waals surface area contributed by atoms with E-state index in [-0.39, 0.29) is 0 Å². The second-order valence-corrected chi connectivity index (χ2v) is 3.99. The lowest BCUT2D eigenvalue weighted by molar-refractivity contribution is 0.970. The van der Waals surface area contributed by atoms with Gasteiger partial charge in [-0.2, -0.15) is 0 Å². The Morgan fingerprint density at radius 3 is 2.73 bits per heavy atom. The molecule has 0 saturated carbocycles. The molecule has 0 atom stereocenters. The third kappa shape index (κ3) is 2.00. The molecular formula is C13H16N2. The molecule has 1 heterocycles. The molecule has 1 aromatic heterocycles. The third-order valence-electron chi connectivity index (χ3n) is 2.57. The lowest BCUT2D eigenvalue weighted by atomic mass is 10.0. The fraction of sp³-hybridized carbons (Fsp3) is 0.308. The summed E-state index contributed by atoms with van der Waals surface area (Å²) in [5.74, 6) is 0. The second-order valence-electron chi connectivity index (χ2n) is 3.99. The van der Waals surface area contributed by atoms with Crippen molar-refractivity contribution in [3.8, 4) is 0 Å². The van der Waals surface area contributed by atoms with Crippen LogP contribution in [0.1, 0.15) is 16.8 Å². The van der Waals surface area contributed by atoms with E-state index >= 15 is 0 Å². The Hall–Kier alpha value is -1.41. The predicted molar refractivity (Wildman–Crippen MR) is 64.0 cm³/mol. The maximum atomic E-state index is 5.61. The number of rotatable bonds is 2. The smallest absolute Gasteiger partial charge is 0.0737 e. The number of aromatic nitrogens is 1. The fourth-order valence-corrected chi connectivity index (χ4v) is 1.92. The number of aryl methyl sites for hydroxylation is 2. The van der Waals surface area contributed by atoms with Crippen molar-refractivity contribution in [1.82, 2.24) is 4.98 Å². The minimum atomic E-state index is 0.675. The molecule has 1 aromatic carbocycles. The lowest BCUT2D eigenvalue weighted by Crippen LogP contribution is -2.04. The van der Waals surface area contributed by atoms with Gasteiger partial charge in [0.25, 0.3) is 0 Å². The Bertz CT molecular complexity index is 489. The van der Waals surface area contributed by atoms with E-state index in [0.717, 1.165) is 17.6 Å². The average molecular weight is 200 g/mol. The van der Waals surface area contributed by atoms with Gasteiger partial charge in [-0.15, -0.1) is 0 Å². The second kappa shape index (κ2) is 3.99. The highest BCUT2D eigenvalue weighted by molar-refractivity contribution is 5.82. The molecule has 0 bridgehead atoms. The Balaban J connectivity index is 2.70. The lowest BCUT2D eigenvalue weighted by Gasteiger charge is -2.07. The predicted octanol–water partition coefficient (Wildman–Crippen LogP) is 2.35. The zero-order valence-corrected chi connectivity index (χ0v) is 9.25. The third-order valence-corrected chi connectivity index (χ3v) is 2.57. The van der Waals surface area contributed by atoms with Crippen LogP contribution in [0.25, 0.3) is 10.9 Å². The fourth-order valence-electron chi connectivity index (χ4n) is 1.92. The van der Waals surface area contributed by atoms with Crippen molar-refractivity contribution in [1.29, 1.82) is 0 Å². The van der Waals surface area contributed by atoms with E-state index in [1.807, 2.05) is 13.0 Å². The van der Waals surface area contributed by atoms with Crippen LogP contribution in [0.4, 0.5) is 0 Å². The van der Waals surface area contributed by atoms with Crippen molar-refractivity contribution >= 4 is 10.9 Å². The molecule has 0 fully saturated rings. The summed E-state index contributed by atoms with van der Waals surface area (Å²) >= 11 is 0. The molecule has 0 unspecified atom stereocenters. The topological polar surface area (TPSA) is 38.9 Å². The van der Waals surface area contributed by atoms with Crippen molar-refractivity contribution < 1.29 is 0 Å². The van der Waals surface area contributed by atoms with Crippen molar-refractivity contribution in [2.45, 2.75) is 20.3 Å². The molecule has 2 aromatic rings. The summed E-state index contributed by atoms with van der Waals surface area (Å²) in [7, 11) is 0. The summed E-state index contributed by atoms with van der Waals surface area (Å²) in [4.78, 5) is 4.58. The number of hydrogen-bond acceptors (Lipinski definition) is 2. The number of fused-ring (bicyclic) bond motifs is 1. The summed E-state index contributed by atoms with van der Waals surface area (Å²) in [5, 5.41) is 1.21. The first-order chi connectivity index (χ1) is 7.20. The normalized spacial score (nSPS) is 10.9. The van der Waals surface area contributed by atoms with Crippen LogP contribution < -0.4 is 5.73 Å². The van der Waals surface area contributed by atoms with Crippen molar-refractivity contribution in [3.63, 3.8) is 0 Å². The van der Waals surface area contributed by atoms with Crippen molar-refractivity contribution in [2.24, 2.45) is 5.73 Å². The number of benzene rings is 1. The summed E-state index contributed by atoms with van der Waals surface area (Å²) in [5.41, 5.74) is 10.3. The molecule has 0 saturated heterocycles. The van der Waals surface area contributed by atoms with Gasteiger partial charge in [0.2, 0.25) is 0 Å². The largest absolute Gasteiger partial charge is 0.330 e. The molecule has 0 aliphatic rings. The Morgan fingerprint density at radius 2 is 2.00 bits per heavy atom. The van der Waals surface area contributed by atoms with Crippen LogP contribution in [0.2, 0.25) is 0 Å². The molecule has 0 radical (unpaired) electrons. The van der Waals surface area contributed by atoms with Gasteiger partial charge in [0.05, 0.1) is 5.52 Å². The molecule has 0 spiro atoms. The van der Waals surface area contributed by atoms with Crippen molar-refractivity contribution in [3.05, 3.63) is 41.1 Å². The van der Waals surface area contributed by atoms with Crippen LogP contribution >= 0.6 is 0 Å². The number of nitrogens with two attached hydrogens (primary N) is 1. The van der Waals surface area contributed by atoms with Crippen LogP contribution in [0, 0.1) is 13.8 Å². The van der Waals surface area contributed by atoms with Gasteiger partial charge in [-0.25, -0.2) is 0 Å². The molecule has 2 heteroatoms. The molecule has 0 amide bonds. The highest BCUT2D eigenvalue weighted by atomic mass is 14.7. The molecule has 0 aliphatic carbocycles. The maximum absolute atomic E-state index is 5.61. The summed E-state index contributed by atoms with van der Waals surface area (Å²) in [6, 6.07) is 8.53. The van der Waals surface area contributed by atoms with E-state index in [1.165, 1.54) is 16.5 Å². The first kappa shape index (κ1) is 10.1. The standard InChI is InChI=1S/C13H16N2/c1-9-7-11-4-3-10(2)15-13(11)12(8-9)5-6-14/h3-4,7-8H,5-6,14H2,1-2H3. The molecular weight excluding hydrogens is 184 g/mol. The summed E-state index contributed by atoms with van der Waals surface area (Å²) < 4.78 is 0. The number of nitrogens with zero attached hydrogens (tertiary/aromatic N) is 1. The van der Waals surface area contributed by atoms with E-state index in [1.54, 1.807) is 0 Å². The van der Waals surface area contributed by atoms with Gasteiger partial charge >= 0.3 is 0 Å². The van der Waals surface area contributed by atoms with Gasteiger partial charge in [0.15, 0.2) is 0 Å². The zero-order chi connectivity index (χ0) is 10.8. The molecule has 2 N–H and O–H groups in total. The molecule has 2 nitrogen and oxygen atoms in total. The molecule has 2 rings (SSSR count). The van der Waals surface area contributed by atoms with Crippen molar-refractivity contribution in [2.75, 3.05) is 6.54 Å². The van der Waals surface area contributed by atoms with E-state index < -0.39 is 0 Å². The van der Waals surface area contributed by atoms with E-state index in [9.17, 15) is 0 Å². The van der Waals surface area contributed by atoms with E-state index in [2.05, 4.69) is 30.1 Å². The minimum absolute atomic E-state index is 0.675. The summed E-state index contributed by atoms with van der Waals surface area (Å²) in [6.45, 7) is 4.80. The van der Waals surface area contributed by atoms with Gasteiger partial charge in [0, 0.05) is 11.1 Å². The monoisotopic (exact) mass is 200 g/mol. The van der Waals surface area contributed by atoms with Crippen LogP contribution in [-0.2, 0) is 6.42 Å². The Morgan fingerprint density at radius 1 is 1.20 bits per heavy atom. The minimum Gasteiger partial charge on any atom is -0.330 e. The van der Waals surface area contributed by atoms with Crippen LogP contribution in [0.5, 0.6) is 0 Å². The zero-order valence-electron chi connectivity index (χ0n) is 9.25. The molecule has 15 heavy (non-hydrogen) atoms. The van der Waals surface area contributed by atoms with Gasteiger partial charge in [-0.1, -0.05) is 17.7 Å². The first-order valence-electron chi connectivity index (χ1n) is 5.27. The van der Waals surface area contributed by atoms with Crippen LogP contribution in [0.15, 0.2) is 24.3 Å². The van der Waals surface area contributed by atoms with Gasteiger partial charge in [-0.05, 0) is 44.5 Å². The quantitative estimate of drug-likeness (QED) is 0.808. The van der Waals surface area contributed by atoms with E-state index in [4.69, 9.17) is 5.73 Å². The molecule has 78 valence electrons. The van der Waals surface area contributed by atoms with Gasteiger partial charge in [-0.3, -0.25) is 4.98 Å². The van der Waals surface area contributed by atoms with Gasteiger partial charge in [0.1, 0.15) is 0 Å². The Labute approximate surface area is 90.1 Å². The average Bonchev–Trinajstić information content (AvgIpc) is 2.19. The van der Waals surface area contributed by atoms with E-state index in [0.29, 0.717) is 6.54 Å². The van der Waals surface area contributed by atoms with Crippen LogP contribution in [-0.4, -0.2) is 11.5 Å². The summed E-state index contributed by atoms with van der Waals surface area (Å²) in [6.07, 6.45) is 0.897. The maximum Gasteiger partial charge on any atom is 0.0737 e. The number of pyridine rings is 1. The van der Waals surface area contributed by atoms with Gasteiger partial charge < -0.3 is 5.73 Å². The number of hydrogen-bond donors (Lipinski definition) is 1. The van der Waals surface area contributed by atoms with Crippen LogP contribution in [0.3, 0.4) is 0 Å². The molecule has 0 aliphatic heterocycles. The highest BCUT2D eigenvalue weighted by Crippen LogP contribution is 2.19. The highest BCUT2D eigenvalue weighted by Gasteiger charge is 2.03. The first-order valence-corrected chi connectivity index (χ1v) is 5.27.